The van der Waals surface area contributed by atoms with Gasteiger partial charge in [-0.15, -0.1) is 0 Å². The van der Waals surface area contributed by atoms with Gasteiger partial charge < -0.3 is 16.8 Å². The molecule has 0 fully saturated rings. The third-order valence-corrected chi connectivity index (χ3v) is 9.50. The molecule has 0 amide bonds. The Morgan fingerprint density at radius 1 is 0.861 bits per heavy atom. The first-order valence-electron chi connectivity index (χ1n) is 12.0. The van der Waals surface area contributed by atoms with Gasteiger partial charge in [0.1, 0.15) is 0 Å². The Morgan fingerprint density at radius 3 is 2.11 bits per heavy atom. The van der Waals surface area contributed by atoms with Crippen molar-refractivity contribution in [2.45, 2.75) is 49.8 Å². The second-order valence-corrected chi connectivity index (χ2v) is 13.1. The van der Waals surface area contributed by atoms with Gasteiger partial charge in [0.2, 0.25) is 10.0 Å². The Bertz CT molecular complexity index is 1320. The van der Waals surface area contributed by atoms with Crippen LogP contribution >= 0.6 is 31.9 Å². The number of halogens is 2. The van der Waals surface area contributed by atoms with E-state index in [1.807, 2.05) is 37.3 Å². The molecule has 2 atom stereocenters. The molecule has 2 aliphatic heterocycles. The summed E-state index contributed by atoms with van der Waals surface area (Å²) in [6.45, 7) is 4.65. The zero-order chi connectivity index (χ0) is 25.9. The number of benzene rings is 3. The zero-order valence-corrected chi connectivity index (χ0v) is 24.2. The molecule has 3 aromatic carbocycles. The van der Waals surface area contributed by atoms with Crippen molar-refractivity contribution in [2.24, 2.45) is 11.5 Å². The maximum Gasteiger partial charge on any atom is 0.243 e. The number of nitrogens with one attached hydrogen (secondary N) is 1. The van der Waals surface area contributed by atoms with E-state index in [0.29, 0.717) is 24.4 Å². The van der Waals surface area contributed by atoms with Gasteiger partial charge in [-0.05, 0) is 85.0 Å². The monoisotopic (exact) mass is 634 g/mol. The molecule has 0 saturated carbocycles. The first kappa shape index (κ1) is 27.4. The topological polar surface area (TPSA) is 101 Å². The van der Waals surface area contributed by atoms with Gasteiger partial charge in [0.25, 0.3) is 0 Å². The highest BCUT2D eigenvalue weighted by Crippen LogP contribution is 2.30. The minimum Gasteiger partial charge on any atom is -0.324 e. The fourth-order valence-corrected chi connectivity index (χ4v) is 6.82. The molecule has 2 unspecified atom stereocenters. The molecule has 6 nitrogen and oxygen atoms in total. The van der Waals surface area contributed by atoms with Crippen LogP contribution in [0.5, 0.6) is 0 Å². The predicted octanol–water partition coefficient (Wildman–Crippen LogP) is 5.29. The minimum absolute atomic E-state index is 0.142. The number of hydrogen-bond acceptors (Lipinski definition) is 5. The second-order valence-electron chi connectivity index (χ2n) is 9.31. The summed E-state index contributed by atoms with van der Waals surface area (Å²) < 4.78 is 29.4. The number of hydrogen-bond donors (Lipinski definition) is 3. The zero-order valence-electron chi connectivity index (χ0n) is 20.3. The van der Waals surface area contributed by atoms with Crippen LogP contribution in [0, 0.1) is 6.92 Å². The molecular formula is C27H32Br2N4O2S. The maximum absolute atomic E-state index is 12.9. The molecule has 0 aliphatic carbocycles. The van der Waals surface area contributed by atoms with E-state index < -0.39 is 10.0 Å². The molecule has 0 spiro atoms. The number of aryl methyl sites for hydroxylation is 1. The molecule has 5 rings (SSSR count). The van der Waals surface area contributed by atoms with Gasteiger partial charge >= 0.3 is 0 Å². The van der Waals surface area contributed by atoms with Crippen LogP contribution in [0.25, 0.3) is 0 Å². The fourth-order valence-electron chi connectivity index (χ4n) is 4.57. The van der Waals surface area contributed by atoms with Crippen molar-refractivity contribution in [3.05, 3.63) is 97.4 Å². The van der Waals surface area contributed by atoms with Crippen LogP contribution < -0.4 is 16.8 Å². The lowest BCUT2D eigenvalue weighted by Crippen LogP contribution is -2.31. The normalized spacial score (nSPS) is 20.2. The molecule has 5 N–H and O–H groups in total. The number of nitrogens with two attached hydrogens (primary N) is 2. The van der Waals surface area contributed by atoms with Crippen LogP contribution in [0.2, 0.25) is 0 Å². The highest BCUT2D eigenvalue weighted by molar-refractivity contribution is 9.10. The van der Waals surface area contributed by atoms with Gasteiger partial charge in [-0.25, -0.2) is 8.42 Å². The van der Waals surface area contributed by atoms with Crippen molar-refractivity contribution in [1.29, 1.82) is 0 Å². The molecule has 192 valence electrons. The molecule has 0 aromatic heterocycles. The van der Waals surface area contributed by atoms with Crippen LogP contribution in [-0.4, -0.2) is 25.8 Å². The van der Waals surface area contributed by atoms with E-state index in [-0.39, 0.29) is 12.1 Å². The Hall–Kier alpha value is -1.59. The van der Waals surface area contributed by atoms with Crippen molar-refractivity contribution < 1.29 is 8.42 Å². The average molecular weight is 636 g/mol. The summed E-state index contributed by atoms with van der Waals surface area (Å²) >= 11 is 6.92. The van der Waals surface area contributed by atoms with Gasteiger partial charge in [-0.1, -0.05) is 61.7 Å². The average Bonchev–Trinajstić information content (AvgIpc) is 3.13. The molecule has 3 aromatic rings. The smallest absolute Gasteiger partial charge is 0.243 e. The van der Waals surface area contributed by atoms with Crippen LogP contribution in [0.4, 0.5) is 0 Å². The summed E-state index contributed by atoms with van der Waals surface area (Å²) in [7, 11) is -3.52. The number of rotatable bonds is 2. The molecule has 0 saturated heterocycles. The van der Waals surface area contributed by atoms with Gasteiger partial charge in [-0.2, -0.15) is 4.31 Å². The summed E-state index contributed by atoms with van der Waals surface area (Å²) in [5.74, 6) is 0. The van der Waals surface area contributed by atoms with E-state index >= 15 is 0 Å². The van der Waals surface area contributed by atoms with Crippen LogP contribution in [0.1, 0.15) is 52.7 Å². The van der Waals surface area contributed by atoms with E-state index in [1.54, 1.807) is 12.1 Å². The van der Waals surface area contributed by atoms with Gasteiger partial charge in [0.05, 0.1) is 4.90 Å². The van der Waals surface area contributed by atoms with E-state index in [2.05, 4.69) is 55.4 Å². The van der Waals surface area contributed by atoms with Gasteiger partial charge in [0, 0.05) is 40.7 Å². The molecule has 0 bridgehead atoms. The van der Waals surface area contributed by atoms with Gasteiger partial charge in [-0.3, -0.25) is 0 Å². The number of fused-ring (bicyclic) bond motifs is 2. The summed E-state index contributed by atoms with van der Waals surface area (Å²) in [6.07, 6.45) is 1.63. The van der Waals surface area contributed by atoms with Crippen molar-refractivity contribution in [3.63, 3.8) is 0 Å². The van der Waals surface area contributed by atoms with Crippen molar-refractivity contribution >= 4 is 41.9 Å². The van der Waals surface area contributed by atoms with Gasteiger partial charge in [0.15, 0.2) is 0 Å². The molecule has 2 aliphatic rings. The molecular weight excluding hydrogens is 604 g/mol. The maximum atomic E-state index is 12.9. The Labute approximate surface area is 230 Å². The second kappa shape index (κ2) is 11.9. The summed E-state index contributed by atoms with van der Waals surface area (Å²) in [5.41, 5.74) is 17.9. The van der Waals surface area contributed by atoms with Crippen LogP contribution in [0.3, 0.4) is 0 Å². The standard InChI is InChI=1S/C17H19BrN2O2S.C10H13BrN2/c1-12-2-5-15(6-3-12)23(21,22)20-9-8-17(19)16-7-4-14(18)10-13(16)11-20;11-8-1-2-9-7(5-8)6-13-4-3-10(9)12/h2-7,10,17H,8-9,11,19H2,1H3;1-2,5,10,13H,3-4,6,12H2. The lowest BCUT2D eigenvalue weighted by Gasteiger charge is -2.20. The fraction of sp³-hybridized carbons (Fsp3) is 0.333. The molecule has 2 heterocycles. The van der Waals surface area contributed by atoms with Crippen LogP contribution in [-0.2, 0) is 23.1 Å². The van der Waals surface area contributed by atoms with E-state index in [1.165, 1.54) is 15.4 Å². The van der Waals surface area contributed by atoms with E-state index in [4.69, 9.17) is 11.5 Å². The quantitative estimate of drug-likeness (QED) is 0.355. The van der Waals surface area contributed by atoms with E-state index in [0.717, 1.165) is 45.1 Å². The Kier molecular flexibility index (Phi) is 9.04. The highest BCUT2D eigenvalue weighted by atomic mass is 79.9. The van der Waals surface area contributed by atoms with Crippen molar-refractivity contribution in [1.82, 2.24) is 9.62 Å². The van der Waals surface area contributed by atoms with E-state index in [9.17, 15) is 8.42 Å². The Balaban J connectivity index is 0.000000197. The first-order chi connectivity index (χ1) is 17.1. The minimum atomic E-state index is -3.52. The summed E-state index contributed by atoms with van der Waals surface area (Å²) in [4.78, 5) is 0.329. The number of nitrogens with zero attached hydrogens (tertiary/aromatic N) is 1. The Morgan fingerprint density at radius 2 is 1.44 bits per heavy atom. The SMILES string of the molecule is Cc1ccc(S(=O)(=O)N2CCC(N)c3ccc(Br)cc3C2)cc1.NC1CCNCc2cc(Br)ccc21. The summed E-state index contributed by atoms with van der Waals surface area (Å²) in [5, 5.41) is 3.36. The highest BCUT2D eigenvalue weighted by Gasteiger charge is 2.29. The predicted molar refractivity (Wildman–Crippen MR) is 152 cm³/mol. The van der Waals surface area contributed by atoms with Crippen LogP contribution in [0.15, 0.2) is 74.5 Å². The third kappa shape index (κ3) is 6.45. The van der Waals surface area contributed by atoms with Crippen molar-refractivity contribution in [2.75, 3.05) is 13.1 Å². The largest absolute Gasteiger partial charge is 0.324 e. The molecule has 0 radical (unpaired) electrons. The lowest BCUT2D eigenvalue weighted by molar-refractivity contribution is 0.401. The first-order valence-corrected chi connectivity index (χ1v) is 15.0. The number of sulfonamides is 1. The van der Waals surface area contributed by atoms with Crippen molar-refractivity contribution in [3.8, 4) is 0 Å². The summed E-state index contributed by atoms with van der Waals surface area (Å²) in [6, 6.07) is 19.2. The lowest BCUT2D eigenvalue weighted by atomic mass is 10.0. The molecule has 9 heteroatoms. The molecule has 36 heavy (non-hydrogen) atoms. The third-order valence-electron chi connectivity index (χ3n) is 6.65.